The van der Waals surface area contributed by atoms with Crippen LogP contribution in [0.4, 0.5) is 0 Å². The summed E-state index contributed by atoms with van der Waals surface area (Å²) in [5, 5.41) is 7.11. The van der Waals surface area contributed by atoms with E-state index in [2.05, 4.69) is 78.0 Å². The fourth-order valence-corrected chi connectivity index (χ4v) is 8.32. The zero-order valence-electron chi connectivity index (χ0n) is 21.4. The molecule has 0 radical (unpaired) electrons. The fourth-order valence-electron chi connectivity index (χ4n) is 5.93. The highest BCUT2D eigenvalue weighted by molar-refractivity contribution is 7.31. The molecular weight excluding hydrogens is 510 g/mol. The minimum Gasteiger partial charge on any atom is -0.439 e. The van der Waals surface area contributed by atoms with Crippen molar-refractivity contribution in [3.63, 3.8) is 0 Å². The van der Waals surface area contributed by atoms with Gasteiger partial charge in [-0.1, -0.05) is 26.0 Å². The van der Waals surface area contributed by atoms with Crippen LogP contribution in [0.1, 0.15) is 50.5 Å². The molecule has 8 rings (SSSR count). The second-order valence-corrected chi connectivity index (χ2v) is 13.3. The Kier molecular flexibility index (Phi) is 5.27. The molecule has 0 bridgehead atoms. The molecule has 4 atom stereocenters. The Labute approximate surface area is 228 Å². The molecule has 0 saturated carbocycles. The van der Waals surface area contributed by atoms with Crippen molar-refractivity contribution in [3.05, 3.63) is 60.2 Å². The SMILES string of the molecule is C[C@@H]1CN[C@H](c2nc3ccc(-c4cc5sc(-c6ccc7nc([C@@H]8C[C@H](C)CN8)oc7c6)cc5s4)cc3[nH]2)C1. The van der Waals surface area contributed by atoms with Crippen LogP contribution in [0.5, 0.6) is 0 Å². The number of nitrogens with zero attached hydrogens (tertiary/aromatic N) is 2. The van der Waals surface area contributed by atoms with Crippen molar-refractivity contribution in [1.82, 2.24) is 25.6 Å². The second-order valence-electron chi connectivity index (χ2n) is 11.1. The van der Waals surface area contributed by atoms with Gasteiger partial charge >= 0.3 is 0 Å². The first-order valence-electron chi connectivity index (χ1n) is 13.5. The molecule has 2 aliphatic heterocycles. The molecule has 0 aliphatic carbocycles. The average Bonchev–Trinajstić information content (AvgIpc) is 3.73. The predicted molar refractivity (Wildman–Crippen MR) is 157 cm³/mol. The van der Waals surface area contributed by atoms with E-state index in [4.69, 9.17) is 14.4 Å². The number of hydrogen-bond donors (Lipinski definition) is 3. The normalized spacial score (nSPS) is 23.9. The third-order valence-corrected chi connectivity index (χ3v) is 10.4. The number of rotatable bonds is 4. The largest absolute Gasteiger partial charge is 0.439 e. The van der Waals surface area contributed by atoms with Crippen molar-refractivity contribution < 1.29 is 4.42 Å². The molecule has 0 amide bonds. The van der Waals surface area contributed by atoms with E-state index in [9.17, 15) is 0 Å². The molecule has 4 aromatic heterocycles. The standard InChI is InChI=1S/C30H29N5OS2/c1-15-7-22(31-13-15)29-33-19-5-3-17(9-21(19)34-29)25-11-27-28(37-25)12-26(38-27)18-4-6-20-24(10-18)36-30(35-20)23-8-16(2)14-32-23/h3-6,9-12,15-16,22-23,31-32H,7-8,13-14H2,1-2H3,(H,33,34)/t15-,16-,22-,23-/m0/s1. The zero-order valence-corrected chi connectivity index (χ0v) is 23.0. The highest BCUT2D eigenvalue weighted by atomic mass is 32.1. The third kappa shape index (κ3) is 3.90. The zero-order chi connectivity index (χ0) is 25.4. The van der Waals surface area contributed by atoms with Gasteiger partial charge in [0.15, 0.2) is 5.58 Å². The number of hydrogen-bond acceptors (Lipinski definition) is 7. The van der Waals surface area contributed by atoms with Gasteiger partial charge in [-0.2, -0.15) is 0 Å². The first kappa shape index (κ1) is 22.9. The predicted octanol–water partition coefficient (Wildman–Crippen LogP) is 7.66. The molecular formula is C30H29N5OS2. The topological polar surface area (TPSA) is 78.8 Å². The van der Waals surface area contributed by atoms with E-state index >= 15 is 0 Å². The Morgan fingerprint density at radius 2 is 1.42 bits per heavy atom. The Morgan fingerprint density at radius 1 is 0.763 bits per heavy atom. The van der Waals surface area contributed by atoms with E-state index in [0.29, 0.717) is 17.9 Å². The van der Waals surface area contributed by atoms with Gasteiger partial charge in [0.25, 0.3) is 0 Å². The Bertz CT molecular complexity index is 1650. The molecule has 2 aliphatic rings. The smallest absolute Gasteiger partial charge is 0.212 e. The van der Waals surface area contributed by atoms with Crippen molar-refractivity contribution in [3.8, 4) is 20.9 Å². The minimum absolute atomic E-state index is 0.224. The number of imidazole rings is 1. The number of fused-ring (bicyclic) bond motifs is 3. The summed E-state index contributed by atoms with van der Waals surface area (Å²) in [7, 11) is 0. The Hall–Kier alpha value is -3.04. The van der Waals surface area contributed by atoms with Crippen molar-refractivity contribution in [2.45, 2.75) is 38.8 Å². The molecule has 6 nitrogen and oxygen atoms in total. The molecule has 6 heterocycles. The van der Waals surface area contributed by atoms with Gasteiger partial charge in [0, 0.05) is 19.2 Å². The van der Waals surface area contributed by atoms with Crippen LogP contribution in [0, 0.1) is 11.8 Å². The first-order chi connectivity index (χ1) is 18.6. The van der Waals surface area contributed by atoms with Crippen molar-refractivity contribution in [2.24, 2.45) is 11.8 Å². The molecule has 2 fully saturated rings. The number of aromatic nitrogens is 3. The maximum absolute atomic E-state index is 6.19. The summed E-state index contributed by atoms with van der Waals surface area (Å²) in [6.45, 7) is 6.64. The summed E-state index contributed by atoms with van der Waals surface area (Å²) in [4.78, 5) is 15.7. The van der Waals surface area contributed by atoms with Crippen LogP contribution in [0.15, 0.2) is 52.9 Å². The second kappa shape index (κ2) is 8.74. The third-order valence-electron chi connectivity index (χ3n) is 8.01. The molecule has 3 N–H and O–H groups in total. The highest BCUT2D eigenvalue weighted by Crippen LogP contribution is 2.43. The lowest BCUT2D eigenvalue weighted by Gasteiger charge is -2.04. The van der Waals surface area contributed by atoms with E-state index in [1.807, 2.05) is 22.7 Å². The number of aromatic amines is 1. The van der Waals surface area contributed by atoms with Gasteiger partial charge in [0.1, 0.15) is 11.3 Å². The molecule has 8 heteroatoms. The lowest BCUT2D eigenvalue weighted by molar-refractivity contribution is 0.446. The van der Waals surface area contributed by atoms with E-state index in [-0.39, 0.29) is 6.04 Å². The van der Waals surface area contributed by atoms with Crippen LogP contribution in [-0.4, -0.2) is 28.0 Å². The van der Waals surface area contributed by atoms with Gasteiger partial charge < -0.3 is 20.0 Å². The van der Waals surface area contributed by atoms with Gasteiger partial charge in [-0.15, -0.1) is 22.7 Å². The van der Waals surface area contributed by atoms with Gasteiger partial charge in [-0.3, -0.25) is 0 Å². The molecule has 192 valence electrons. The maximum atomic E-state index is 6.19. The monoisotopic (exact) mass is 539 g/mol. The Morgan fingerprint density at radius 3 is 2.11 bits per heavy atom. The van der Waals surface area contributed by atoms with Crippen LogP contribution >= 0.6 is 22.7 Å². The molecule has 0 unspecified atom stereocenters. The lowest BCUT2D eigenvalue weighted by Crippen LogP contribution is -2.14. The number of H-pyrrole nitrogens is 1. The summed E-state index contributed by atoms with van der Waals surface area (Å²) in [5.74, 6) is 3.23. The highest BCUT2D eigenvalue weighted by Gasteiger charge is 2.27. The van der Waals surface area contributed by atoms with Gasteiger partial charge in [0.2, 0.25) is 5.89 Å². The summed E-state index contributed by atoms with van der Waals surface area (Å²) < 4.78 is 8.82. The van der Waals surface area contributed by atoms with Crippen LogP contribution in [0.2, 0.25) is 0 Å². The van der Waals surface area contributed by atoms with Crippen molar-refractivity contribution in [2.75, 3.05) is 13.1 Å². The summed E-state index contributed by atoms with van der Waals surface area (Å²) in [6.07, 6.45) is 2.21. The summed E-state index contributed by atoms with van der Waals surface area (Å²) >= 11 is 3.69. The molecule has 38 heavy (non-hydrogen) atoms. The van der Waals surface area contributed by atoms with E-state index in [1.165, 1.54) is 30.3 Å². The van der Waals surface area contributed by atoms with Crippen LogP contribution in [0.25, 0.3) is 52.4 Å². The van der Waals surface area contributed by atoms with E-state index in [1.54, 1.807) is 0 Å². The number of oxazole rings is 1. The van der Waals surface area contributed by atoms with Gasteiger partial charge in [-0.05, 0) is 85.3 Å². The molecule has 2 saturated heterocycles. The fraction of sp³-hybridized carbons (Fsp3) is 0.333. The van der Waals surface area contributed by atoms with Crippen molar-refractivity contribution in [1.29, 1.82) is 0 Å². The van der Waals surface area contributed by atoms with Gasteiger partial charge in [-0.25, -0.2) is 9.97 Å². The summed E-state index contributed by atoms with van der Waals surface area (Å²) in [6, 6.07) is 18.2. The number of thiophene rings is 2. The van der Waals surface area contributed by atoms with Gasteiger partial charge in [0.05, 0.1) is 23.1 Å². The Balaban J connectivity index is 1.07. The maximum Gasteiger partial charge on any atom is 0.212 e. The van der Waals surface area contributed by atoms with E-state index < -0.39 is 0 Å². The molecule has 6 aromatic rings. The molecule has 2 aromatic carbocycles. The lowest BCUT2D eigenvalue weighted by atomic mass is 10.1. The average molecular weight is 540 g/mol. The summed E-state index contributed by atoms with van der Waals surface area (Å²) in [5.41, 5.74) is 6.37. The van der Waals surface area contributed by atoms with Crippen LogP contribution < -0.4 is 10.6 Å². The van der Waals surface area contributed by atoms with E-state index in [0.717, 1.165) is 59.8 Å². The number of benzene rings is 2. The van der Waals surface area contributed by atoms with Crippen molar-refractivity contribution >= 4 is 54.2 Å². The molecule has 0 spiro atoms. The quantitative estimate of drug-likeness (QED) is 0.214. The number of nitrogens with one attached hydrogen (secondary N) is 3. The van der Waals surface area contributed by atoms with Crippen LogP contribution in [-0.2, 0) is 0 Å². The first-order valence-corrected chi connectivity index (χ1v) is 15.1. The minimum atomic E-state index is 0.224. The van der Waals surface area contributed by atoms with Crippen LogP contribution in [0.3, 0.4) is 0 Å².